The van der Waals surface area contributed by atoms with Gasteiger partial charge in [0.1, 0.15) is 0 Å². The van der Waals surface area contributed by atoms with Crippen molar-refractivity contribution in [3.05, 3.63) is 17.8 Å². The average Bonchev–Trinajstić information content (AvgIpc) is 3.25. The minimum absolute atomic E-state index is 0.568. The predicted octanol–water partition coefficient (Wildman–Crippen LogP) is 2.35. The van der Waals surface area contributed by atoms with Gasteiger partial charge in [0, 0.05) is 25.2 Å². The lowest BCUT2D eigenvalue weighted by atomic mass is 9.92. The van der Waals surface area contributed by atoms with Gasteiger partial charge in [-0.1, -0.05) is 6.92 Å². The first kappa shape index (κ1) is 12.9. The maximum atomic E-state index is 4.42. The first-order chi connectivity index (χ1) is 9.24. The van der Waals surface area contributed by atoms with Gasteiger partial charge in [-0.2, -0.15) is 5.10 Å². The van der Waals surface area contributed by atoms with E-state index in [0.717, 1.165) is 36.6 Å². The van der Waals surface area contributed by atoms with E-state index in [4.69, 9.17) is 0 Å². The Hall–Kier alpha value is -1.16. The third-order valence-electron chi connectivity index (χ3n) is 4.52. The topological polar surface area (TPSA) is 41.0 Å². The summed E-state index contributed by atoms with van der Waals surface area (Å²) in [6.45, 7) is 6.59. The van der Waals surface area contributed by atoms with E-state index in [2.05, 4.69) is 46.4 Å². The Labute approximate surface area is 115 Å². The zero-order valence-electron chi connectivity index (χ0n) is 12.0. The lowest BCUT2D eigenvalue weighted by molar-refractivity contribution is 0.361. The highest BCUT2D eigenvalue weighted by atomic mass is 15.3. The van der Waals surface area contributed by atoms with Crippen molar-refractivity contribution in [2.75, 3.05) is 11.4 Å². The number of piperidine rings is 1. The maximum Gasteiger partial charge on any atom is 0.151 e. The van der Waals surface area contributed by atoms with Crippen LogP contribution in [0.4, 0.5) is 5.82 Å². The number of anilines is 1. The van der Waals surface area contributed by atoms with E-state index >= 15 is 0 Å². The number of nitrogens with one attached hydrogen (secondary N) is 1. The van der Waals surface area contributed by atoms with E-state index in [9.17, 15) is 0 Å². The van der Waals surface area contributed by atoms with E-state index in [0.29, 0.717) is 6.04 Å². The van der Waals surface area contributed by atoms with Gasteiger partial charge in [0.15, 0.2) is 5.82 Å². The van der Waals surface area contributed by atoms with Crippen molar-refractivity contribution >= 4 is 5.82 Å². The molecule has 1 saturated carbocycles. The molecule has 104 valence electrons. The highest BCUT2D eigenvalue weighted by molar-refractivity contribution is 5.39. The smallest absolute Gasteiger partial charge is 0.151 e. The number of hydrogen-bond donors (Lipinski definition) is 1. The number of aromatic nitrogens is 2. The molecule has 0 amide bonds. The maximum absolute atomic E-state index is 4.42. The molecule has 1 saturated heterocycles. The molecular formula is C15H24N4. The van der Waals surface area contributed by atoms with Crippen LogP contribution in [0.5, 0.6) is 0 Å². The van der Waals surface area contributed by atoms with Crippen molar-refractivity contribution in [1.29, 1.82) is 0 Å². The molecule has 1 aromatic rings. The van der Waals surface area contributed by atoms with Gasteiger partial charge in [-0.05, 0) is 50.7 Å². The van der Waals surface area contributed by atoms with Crippen LogP contribution in [-0.4, -0.2) is 28.8 Å². The van der Waals surface area contributed by atoms with Crippen molar-refractivity contribution in [3.8, 4) is 0 Å². The van der Waals surface area contributed by atoms with E-state index in [1.54, 1.807) is 0 Å². The summed E-state index contributed by atoms with van der Waals surface area (Å²) >= 11 is 0. The highest BCUT2D eigenvalue weighted by Crippen LogP contribution is 2.26. The Balaban J connectivity index is 1.63. The van der Waals surface area contributed by atoms with Crippen LogP contribution in [0.3, 0.4) is 0 Å². The lowest BCUT2D eigenvalue weighted by Crippen LogP contribution is -2.43. The summed E-state index contributed by atoms with van der Waals surface area (Å²) in [6.07, 6.45) is 5.22. The third-order valence-corrected chi connectivity index (χ3v) is 4.52. The standard InChI is InChI=1S/C15H24N4/c1-11-4-3-9-19(12(11)2)15-8-7-14(17-18-15)10-16-13-5-6-13/h7-8,11-13,16H,3-6,9-10H2,1-2H3. The van der Waals surface area contributed by atoms with Crippen molar-refractivity contribution in [3.63, 3.8) is 0 Å². The second kappa shape index (κ2) is 5.45. The van der Waals surface area contributed by atoms with E-state index in [-0.39, 0.29) is 0 Å². The quantitative estimate of drug-likeness (QED) is 0.902. The SMILES string of the molecule is CC1CCCN(c2ccc(CNC3CC3)nn2)C1C. The van der Waals surface area contributed by atoms with Gasteiger partial charge in [-0.3, -0.25) is 0 Å². The average molecular weight is 260 g/mol. The summed E-state index contributed by atoms with van der Waals surface area (Å²) in [7, 11) is 0. The summed E-state index contributed by atoms with van der Waals surface area (Å²) in [5.41, 5.74) is 1.05. The fourth-order valence-corrected chi connectivity index (χ4v) is 2.80. The van der Waals surface area contributed by atoms with Crippen molar-refractivity contribution in [2.24, 2.45) is 5.92 Å². The Morgan fingerprint density at radius 3 is 2.74 bits per heavy atom. The van der Waals surface area contributed by atoms with Gasteiger partial charge < -0.3 is 10.2 Å². The molecule has 19 heavy (non-hydrogen) atoms. The van der Waals surface area contributed by atoms with Crippen molar-refractivity contribution in [2.45, 2.75) is 58.2 Å². The van der Waals surface area contributed by atoms with Gasteiger partial charge in [0.25, 0.3) is 0 Å². The zero-order valence-corrected chi connectivity index (χ0v) is 12.0. The van der Waals surface area contributed by atoms with Crippen LogP contribution in [0.1, 0.15) is 45.2 Å². The van der Waals surface area contributed by atoms with Gasteiger partial charge in [-0.25, -0.2) is 0 Å². The summed E-state index contributed by atoms with van der Waals surface area (Å²) < 4.78 is 0. The molecule has 0 radical (unpaired) electrons. The predicted molar refractivity (Wildman–Crippen MR) is 77.1 cm³/mol. The molecule has 3 rings (SSSR count). The van der Waals surface area contributed by atoms with Crippen LogP contribution in [-0.2, 0) is 6.54 Å². The summed E-state index contributed by atoms with van der Waals surface area (Å²) in [6, 6.07) is 5.54. The molecule has 1 aromatic heterocycles. The van der Waals surface area contributed by atoms with Crippen LogP contribution in [0.15, 0.2) is 12.1 Å². The molecule has 2 aliphatic rings. The van der Waals surface area contributed by atoms with Gasteiger partial charge in [0.2, 0.25) is 0 Å². The monoisotopic (exact) mass is 260 g/mol. The molecule has 1 aliphatic carbocycles. The normalized spacial score (nSPS) is 27.6. The van der Waals surface area contributed by atoms with E-state index in [1.807, 2.05) is 0 Å². The first-order valence-electron chi connectivity index (χ1n) is 7.56. The van der Waals surface area contributed by atoms with Crippen LogP contribution in [0, 0.1) is 5.92 Å². The minimum atomic E-state index is 0.568. The third kappa shape index (κ3) is 3.06. The zero-order chi connectivity index (χ0) is 13.2. The molecule has 2 heterocycles. The number of hydrogen-bond acceptors (Lipinski definition) is 4. The molecule has 1 aliphatic heterocycles. The van der Waals surface area contributed by atoms with Crippen LogP contribution >= 0.6 is 0 Å². The molecule has 2 atom stereocenters. The van der Waals surface area contributed by atoms with E-state index in [1.165, 1.54) is 25.7 Å². The fourth-order valence-electron chi connectivity index (χ4n) is 2.80. The molecule has 0 bridgehead atoms. The second-order valence-corrected chi connectivity index (χ2v) is 6.09. The largest absolute Gasteiger partial charge is 0.352 e. The lowest BCUT2D eigenvalue weighted by Gasteiger charge is -2.38. The summed E-state index contributed by atoms with van der Waals surface area (Å²) in [5, 5.41) is 12.3. The molecule has 4 nitrogen and oxygen atoms in total. The molecule has 1 N–H and O–H groups in total. The Morgan fingerprint density at radius 2 is 2.05 bits per heavy atom. The molecule has 4 heteroatoms. The fraction of sp³-hybridized carbons (Fsp3) is 0.733. The number of nitrogens with zero attached hydrogens (tertiary/aromatic N) is 3. The summed E-state index contributed by atoms with van der Waals surface area (Å²) in [4.78, 5) is 2.40. The Morgan fingerprint density at radius 1 is 1.21 bits per heavy atom. The van der Waals surface area contributed by atoms with Gasteiger partial charge in [-0.15, -0.1) is 5.10 Å². The molecule has 0 spiro atoms. The number of rotatable bonds is 4. The van der Waals surface area contributed by atoms with Crippen LogP contribution in [0.2, 0.25) is 0 Å². The van der Waals surface area contributed by atoms with Gasteiger partial charge in [0.05, 0.1) is 5.69 Å². The highest BCUT2D eigenvalue weighted by Gasteiger charge is 2.26. The summed E-state index contributed by atoms with van der Waals surface area (Å²) in [5.74, 6) is 1.78. The minimum Gasteiger partial charge on any atom is -0.352 e. The molecule has 2 unspecified atom stereocenters. The van der Waals surface area contributed by atoms with Crippen molar-refractivity contribution < 1.29 is 0 Å². The van der Waals surface area contributed by atoms with Crippen LogP contribution < -0.4 is 10.2 Å². The van der Waals surface area contributed by atoms with Gasteiger partial charge >= 0.3 is 0 Å². The first-order valence-corrected chi connectivity index (χ1v) is 7.56. The molecule has 2 fully saturated rings. The molecular weight excluding hydrogens is 236 g/mol. The Kier molecular flexibility index (Phi) is 3.69. The Bertz CT molecular complexity index is 413. The van der Waals surface area contributed by atoms with Crippen LogP contribution in [0.25, 0.3) is 0 Å². The molecule has 0 aromatic carbocycles. The van der Waals surface area contributed by atoms with E-state index < -0.39 is 0 Å². The van der Waals surface area contributed by atoms with Crippen molar-refractivity contribution in [1.82, 2.24) is 15.5 Å². The second-order valence-electron chi connectivity index (χ2n) is 6.09.